The molecule has 0 radical (unpaired) electrons. The molecule has 1 aromatic carbocycles. The number of nitrogens with one attached hydrogen (secondary N) is 1. The van der Waals surface area contributed by atoms with Crippen molar-refractivity contribution in [1.82, 2.24) is 5.32 Å². The smallest absolute Gasteiger partial charge is 0.153 e. The van der Waals surface area contributed by atoms with Gasteiger partial charge in [0.2, 0.25) is 0 Å². The zero-order valence-electron chi connectivity index (χ0n) is 13.3. The molecule has 0 aromatic heterocycles. The van der Waals surface area contributed by atoms with Gasteiger partial charge in [-0.05, 0) is 46.0 Å². The molecule has 6 heteroatoms. The van der Waals surface area contributed by atoms with Crippen LogP contribution in [0.25, 0.3) is 0 Å². The standard InChI is InChI=1S/C16H22N2O3S/c1-5-21-15(17-4)16(3)10(2)18-14(22-16)11-6-7-13(20)12(8-11)9-19/h6-10,15,17,20H,5H2,1-4H3. The predicted molar refractivity (Wildman–Crippen MR) is 90.0 cm³/mol. The second-order valence-electron chi connectivity index (χ2n) is 5.41. The third kappa shape index (κ3) is 3.04. The number of carbonyl (C=O) groups excluding carboxylic acids is 1. The van der Waals surface area contributed by atoms with Crippen LogP contribution in [0.15, 0.2) is 23.2 Å². The Morgan fingerprint density at radius 1 is 1.59 bits per heavy atom. The molecule has 0 saturated heterocycles. The molecule has 0 spiro atoms. The summed E-state index contributed by atoms with van der Waals surface area (Å²) in [6.07, 6.45) is 0.527. The number of thioether (sulfide) groups is 1. The Hall–Kier alpha value is -1.37. The van der Waals surface area contributed by atoms with E-state index in [0.717, 1.165) is 10.6 Å². The fraction of sp³-hybridized carbons (Fsp3) is 0.500. The second kappa shape index (κ2) is 6.81. The molecule has 1 heterocycles. The van der Waals surface area contributed by atoms with Crippen molar-refractivity contribution in [2.45, 2.75) is 37.8 Å². The van der Waals surface area contributed by atoms with Gasteiger partial charge in [-0.2, -0.15) is 0 Å². The van der Waals surface area contributed by atoms with E-state index in [1.165, 1.54) is 6.07 Å². The van der Waals surface area contributed by atoms with Crippen molar-refractivity contribution >= 4 is 23.1 Å². The molecule has 0 fully saturated rings. The molecule has 1 aliphatic heterocycles. The lowest BCUT2D eigenvalue weighted by Crippen LogP contribution is -2.51. The van der Waals surface area contributed by atoms with Crippen molar-refractivity contribution in [3.8, 4) is 5.75 Å². The molecule has 2 rings (SSSR count). The number of aromatic hydroxyl groups is 1. The van der Waals surface area contributed by atoms with Gasteiger partial charge in [0.15, 0.2) is 6.29 Å². The molecule has 120 valence electrons. The van der Waals surface area contributed by atoms with Crippen LogP contribution in [0.1, 0.15) is 36.7 Å². The van der Waals surface area contributed by atoms with Crippen molar-refractivity contribution < 1.29 is 14.6 Å². The molecule has 0 saturated carbocycles. The van der Waals surface area contributed by atoms with Crippen LogP contribution in [0.3, 0.4) is 0 Å². The molecule has 5 nitrogen and oxygen atoms in total. The summed E-state index contributed by atoms with van der Waals surface area (Å²) in [5, 5.41) is 13.7. The molecule has 0 bridgehead atoms. The molecule has 0 aliphatic carbocycles. The van der Waals surface area contributed by atoms with Crippen LogP contribution >= 0.6 is 11.8 Å². The maximum absolute atomic E-state index is 11.0. The average Bonchev–Trinajstić information content (AvgIpc) is 2.81. The monoisotopic (exact) mass is 322 g/mol. The number of phenolic OH excluding ortho intramolecular Hbond substituents is 1. The first-order chi connectivity index (χ1) is 10.5. The summed E-state index contributed by atoms with van der Waals surface area (Å²) in [6, 6.07) is 5.04. The highest BCUT2D eigenvalue weighted by atomic mass is 32.2. The number of rotatable bonds is 6. The fourth-order valence-electron chi connectivity index (χ4n) is 2.51. The van der Waals surface area contributed by atoms with Gasteiger partial charge >= 0.3 is 0 Å². The first kappa shape index (κ1) is 17.0. The molecular weight excluding hydrogens is 300 g/mol. The number of aldehydes is 1. The van der Waals surface area contributed by atoms with Gasteiger partial charge in [-0.1, -0.05) is 11.8 Å². The third-order valence-electron chi connectivity index (χ3n) is 3.97. The molecule has 0 amide bonds. The first-order valence-electron chi connectivity index (χ1n) is 7.30. The molecule has 3 unspecified atom stereocenters. The highest BCUT2D eigenvalue weighted by Gasteiger charge is 2.45. The first-order valence-corrected chi connectivity index (χ1v) is 8.12. The fourth-order valence-corrected chi connectivity index (χ4v) is 3.90. The van der Waals surface area contributed by atoms with Crippen molar-refractivity contribution in [2.24, 2.45) is 4.99 Å². The Morgan fingerprint density at radius 3 is 2.91 bits per heavy atom. The summed E-state index contributed by atoms with van der Waals surface area (Å²) in [6.45, 7) is 6.77. The van der Waals surface area contributed by atoms with Crippen LogP contribution in [0, 0.1) is 0 Å². The summed E-state index contributed by atoms with van der Waals surface area (Å²) in [4.78, 5) is 15.7. The minimum atomic E-state index is -0.237. The van der Waals surface area contributed by atoms with Crippen molar-refractivity contribution in [3.63, 3.8) is 0 Å². The topological polar surface area (TPSA) is 70.9 Å². The second-order valence-corrected chi connectivity index (χ2v) is 6.88. The van der Waals surface area contributed by atoms with Gasteiger partial charge < -0.3 is 9.84 Å². The number of ether oxygens (including phenoxy) is 1. The largest absolute Gasteiger partial charge is 0.507 e. The van der Waals surface area contributed by atoms with Gasteiger partial charge in [0.1, 0.15) is 12.0 Å². The number of hydrogen-bond donors (Lipinski definition) is 2. The van der Waals surface area contributed by atoms with Gasteiger partial charge in [-0.3, -0.25) is 15.1 Å². The van der Waals surface area contributed by atoms with E-state index >= 15 is 0 Å². The quantitative estimate of drug-likeness (QED) is 0.622. The van der Waals surface area contributed by atoms with Gasteiger partial charge in [0.05, 0.1) is 21.4 Å². The number of benzene rings is 1. The van der Waals surface area contributed by atoms with Crippen LogP contribution in [-0.4, -0.2) is 47.1 Å². The van der Waals surface area contributed by atoms with E-state index in [1.54, 1.807) is 23.9 Å². The number of aliphatic imine (C=N–C) groups is 1. The van der Waals surface area contributed by atoms with E-state index in [1.807, 2.05) is 14.0 Å². The van der Waals surface area contributed by atoms with Crippen LogP contribution in [0.5, 0.6) is 5.75 Å². The molecular formula is C16H22N2O3S. The maximum atomic E-state index is 11.0. The SMILES string of the molecule is CCOC(NC)C1(C)SC(c2ccc(O)c(C=O)c2)=NC1C. The summed E-state index contributed by atoms with van der Waals surface area (Å²) in [7, 11) is 1.88. The number of nitrogens with zero attached hydrogens (tertiary/aromatic N) is 1. The maximum Gasteiger partial charge on any atom is 0.153 e. The molecule has 2 N–H and O–H groups in total. The Morgan fingerprint density at radius 2 is 2.32 bits per heavy atom. The highest BCUT2D eigenvalue weighted by Crippen LogP contribution is 2.43. The molecule has 1 aliphatic rings. The van der Waals surface area contributed by atoms with Crippen LogP contribution in [0.4, 0.5) is 0 Å². The van der Waals surface area contributed by atoms with E-state index in [2.05, 4.69) is 19.2 Å². The Kier molecular flexibility index (Phi) is 5.26. The Labute approximate surface area is 135 Å². The van der Waals surface area contributed by atoms with E-state index < -0.39 is 0 Å². The third-order valence-corrected chi connectivity index (χ3v) is 5.50. The summed E-state index contributed by atoms with van der Waals surface area (Å²) < 4.78 is 5.56. The molecule has 1 aromatic rings. The zero-order chi connectivity index (χ0) is 16.3. The van der Waals surface area contributed by atoms with E-state index in [-0.39, 0.29) is 28.3 Å². The van der Waals surface area contributed by atoms with Crippen LogP contribution in [0.2, 0.25) is 0 Å². The molecule has 3 atom stereocenters. The number of carbonyl (C=O) groups is 1. The van der Waals surface area contributed by atoms with E-state index in [4.69, 9.17) is 9.73 Å². The Bertz CT molecular complexity index is 591. The average molecular weight is 322 g/mol. The van der Waals surface area contributed by atoms with Gasteiger partial charge in [-0.25, -0.2) is 0 Å². The normalized spacial score (nSPS) is 25.8. The van der Waals surface area contributed by atoms with Gasteiger partial charge in [0, 0.05) is 12.2 Å². The van der Waals surface area contributed by atoms with Crippen LogP contribution < -0.4 is 5.32 Å². The lowest BCUT2D eigenvalue weighted by molar-refractivity contribution is 0.0152. The lowest BCUT2D eigenvalue weighted by Gasteiger charge is -2.35. The van der Waals surface area contributed by atoms with Crippen LogP contribution in [-0.2, 0) is 4.74 Å². The summed E-state index contributed by atoms with van der Waals surface area (Å²) in [5.74, 6) is -0.0134. The lowest BCUT2D eigenvalue weighted by atomic mass is 10.0. The minimum Gasteiger partial charge on any atom is -0.507 e. The Balaban J connectivity index is 2.29. The summed E-state index contributed by atoms with van der Waals surface area (Å²) >= 11 is 1.64. The van der Waals surface area contributed by atoms with Crippen molar-refractivity contribution in [2.75, 3.05) is 13.7 Å². The number of phenols is 1. The highest BCUT2D eigenvalue weighted by molar-refractivity contribution is 8.16. The van der Waals surface area contributed by atoms with E-state index in [9.17, 15) is 9.90 Å². The minimum absolute atomic E-state index is 0.0134. The van der Waals surface area contributed by atoms with Gasteiger partial charge in [-0.15, -0.1) is 0 Å². The van der Waals surface area contributed by atoms with Gasteiger partial charge in [0.25, 0.3) is 0 Å². The summed E-state index contributed by atoms with van der Waals surface area (Å²) in [5.41, 5.74) is 1.11. The number of hydrogen-bond acceptors (Lipinski definition) is 6. The van der Waals surface area contributed by atoms with Crippen molar-refractivity contribution in [1.29, 1.82) is 0 Å². The van der Waals surface area contributed by atoms with E-state index in [0.29, 0.717) is 12.9 Å². The van der Waals surface area contributed by atoms with Crippen molar-refractivity contribution in [3.05, 3.63) is 29.3 Å². The predicted octanol–water partition coefficient (Wildman–Crippen LogP) is 2.43. The molecule has 22 heavy (non-hydrogen) atoms. The zero-order valence-corrected chi connectivity index (χ0v) is 14.1.